The van der Waals surface area contributed by atoms with Crippen molar-refractivity contribution in [2.24, 2.45) is 0 Å². The molecule has 0 radical (unpaired) electrons. The van der Waals surface area contributed by atoms with Crippen molar-refractivity contribution in [2.45, 2.75) is 44.2 Å². The molecule has 1 saturated heterocycles. The van der Waals surface area contributed by atoms with Gasteiger partial charge in [-0.1, -0.05) is 0 Å². The summed E-state index contributed by atoms with van der Waals surface area (Å²) < 4.78 is 32.2. The van der Waals surface area contributed by atoms with Gasteiger partial charge in [0.15, 0.2) is 11.5 Å². The molecule has 1 aliphatic carbocycles. The van der Waals surface area contributed by atoms with Crippen molar-refractivity contribution in [3.63, 3.8) is 0 Å². The molecule has 2 aliphatic rings. The summed E-state index contributed by atoms with van der Waals surface area (Å²) in [4.78, 5) is 11.4. The molecule has 6 rings (SSSR count). The molecule has 158 valence electrons. The molecule has 3 aromatic heterocycles. The largest absolute Gasteiger partial charge is 0.347 e. The fraction of sp³-hybridized carbons (Fsp3) is 0.364. The van der Waals surface area contributed by atoms with E-state index in [1.54, 1.807) is 17.0 Å². The highest BCUT2D eigenvalue weighted by Gasteiger charge is 2.41. The predicted octanol–water partition coefficient (Wildman–Crippen LogP) is 4.12. The minimum Gasteiger partial charge on any atom is -0.347 e. The van der Waals surface area contributed by atoms with Crippen LogP contribution in [0.15, 0.2) is 43.0 Å². The van der Waals surface area contributed by atoms with Crippen molar-refractivity contribution >= 4 is 11.5 Å². The van der Waals surface area contributed by atoms with Crippen LogP contribution in [0.25, 0.3) is 17.0 Å². The van der Waals surface area contributed by atoms with Crippen LogP contribution in [0.4, 0.5) is 14.6 Å². The number of hydrogen-bond acceptors (Lipinski definition) is 5. The van der Waals surface area contributed by atoms with E-state index in [1.807, 2.05) is 23.9 Å². The highest BCUT2D eigenvalue weighted by molar-refractivity contribution is 5.73. The van der Waals surface area contributed by atoms with Gasteiger partial charge >= 0.3 is 0 Å². The van der Waals surface area contributed by atoms with E-state index in [0.29, 0.717) is 41.9 Å². The minimum atomic E-state index is -0.691. The highest BCUT2D eigenvalue weighted by Crippen LogP contribution is 2.42. The number of hydrogen-bond donors (Lipinski definition) is 0. The van der Waals surface area contributed by atoms with Crippen LogP contribution in [0, 0.1) is 11.6 Å². The van der Waals surface area contributed by atoms with Gasteiger partial charge in [0.25, 0.3) is 0 Å². The molecule has 0 amide bonds. The summed E-state index contributed by atoms with van der Waals surface area (Å²) in [6.45, 7) is 2.65. The first-order chi connectivity index (χ1) is 15.0. The van der Waals surface area contributed by atoms with Gasteiger partial charge in [0.1, 0.15) is 23.8 Å². The lowest BCUT2D eigenvalue weighted by atomic mass is 9.88. The molecule has 4 aromatic rings. The topological polar surface area (TPSA) is 64.1 Å². The van der Waals surface area contributed by atoms with E-state index in [-0.39, 0.29) is 0 Å². The summed E-state index contributed by atoms with van der Waals surface area (Å²) in [6.07, 6.45) is 9.13. The van der Waals surface area contributed by atoms with Crippen molar-refractivity contribution in [1.82, 2.24) is 29.4 Å². The Balaban J connectivity index is 1.43. The van der Waals surface area contributed by atoms with Gasteiger partial charge in [-0.15, -0.1) is 0 Å². The summed E-state index contributed by atoms with van der Waals surface area (Å²) in [5, 5.41) is 8.99. The summed E-state index contributed by atoms with van der Waals surface area (Å²) in [7, 11) is 0. The van der Waals surface area contributed by atoms with E-state index in [9.17, 15) is 8.78 Å². The fourth-order valence-corrected chi connectivity index (χ4v) is 4.60. The lowest BCUT2D eigenvalue weighted by Crippen LogP contribution is -2.40. The minimum absolute atomic E-state index is 0.352. The van der Waals surface area contributed by atoms with E-state index >= 15 is 0 Å². The van der Waals surface area contributed by atoms with Crippen LogP contribution in [0.1, 0.15) is 44.2 Å². The molecule has 0 unspecified atom stereocenters. The van der Waals surface area contributed by atoms with E-state index < -0.39 is 17.2 Å². The molecule has 4 heterocycles. The van der Waals surface area contributed by atoms with Crippen molar-refractivity contribution in [1.29, 1.82) is 0 Å². The number of aromatic nitrogens is 6. The first-order valence-corrected chi connectivity index (χ1v) is 10.5. The molecule has 2 fully saturated rings. The second-order valence-electron chi connectivity index (χ2n) is 8.54. The Hall–Kier alpha value is -3.36. The third-order valence-electron chi connectivity index (χ3n) is 6.45. The van der Waals surface area contributed by atoms with Crippen LogP contribution in [0.5, 0.6) is 0 Å². The molecule has 31 heavy (non-hydrogen) atoms. The number of nitrogens with zero attached hydrogens (tertiary/aromatic N) is 7. The molecule has 1 aliphatic heterocycles. The van der Waals surface area contributed by atoms with E-state index in [0.717, 1.165) is 30.9 Å². The Morgan fingerprint density at radius 1 is 1.16 bits per heavy atom. The molecular weight excluding hydrogens is 400 g/mol. The smallest absolute Gasteiger partial charge is 0.186 e. The van der Waals surface area contributed by atoms with Crippen LogP contribution in [-0.4, -0.2) is 35.9 Å². The second-order valence-corrected chi connectivity index (χ2v) is 8.54. The predicted molar refractivity (Wildman–Crippen MR) is 111 cm³/mol. The van der Waals surface area contributed by atoms with Crippen LogP contribution < -0.4 is 4.90 Å². The lowest BCUT2D eigenvalue weighted by Gasteiger charge is -2.37. The third-order valence-corrected chi connectivity index (χ3v) is 6.45. The Bertz CT molecular complexity index is 1290. The van der Waals surface area contributed by atoms with Gasteiger partial charge in [-0.25, -0.2) is 27.9 Å². The number of fused-ring (bicyclic) bond motifs is 1. The van der Waals surface area contributed by atoms with E-state index in [4.69, 9.17) is 4.98 Å². The Morgan fingerprint density at radius 3 is 2.87 bits per heavy atom. The molecule has 1 atom stereocenters. The zero-order valence-electron chi connectivity index (χ0n) is 17.0. The summed E-state index contributed by atoms with van der Waals surface area (Å²) in [5.74, 6) is 0.437. The van der Waals surface area contributed by atoms with Crippen LogP contribution >= 0.6 is 0 Å². The normalized spacial score (nSPS) is 21.3. The Morgan fingerprint density at radius 2 is 2.03 bits per heavy atom. The van der Waals surface area contributed by atoms with Crippen LogP contribution in [-0.2, 0) is 5.54 Å². The van der Waals surface area contributed by atoms with Crippen LogP contribution in [0.2, 0.25) is 0 Å². The standard InChI is InChI=1S/C22H21F2N7/c1-22(17-11-14(23)3-6-18(17)24)8-2-9-29(22)19-7-10-30-21(27-19)16(12-26-30)20-25-13-31(28-20)15-4-5-15/h3,6-7,10-13,15H,2,4-5,8-9H2,1H3/t22-/m1/s1. The summed E-state index contributed by atoms with van der Waals surface area (Å²) in [6, 6.07) is 5.95. The average Bonchev–Trinajstić information content (AvgIpc) is 3.17. The van der Waals surface area contributed by atoms with Gasteiger partial charge in [-0.05, 0) is 56.9 Å². The molecule has 1 aromatic carbocycles. The van der Waals surface area contributed by atoms with Crippen LogP contribution in [0.3, 0.4) is 0 Å². The maximum Gasteiger partial charge on any atom is 0.186 e. The molecule has 9 heteroatoms. The number of anilines is 1. The van der Waals surface area contributed by atoms with Gasteiger partial charge in [0.2, 0.25) is 0 Å². The zero-order valence-corrected chi connectivity index (χ0v) is 17.0. The Labute approximate surface area is 177 Å². The van der Waals surface area contributed by atoms with Gasteiger partial charge in [0, 0.05) is 18.3 Å². The van der Waals surface area contributed by atoms with Gasteiger partial charge in [-0.2, -0.15) is 10.2 Å². The SMILES string of the molecule is C[C@]1(c2cc(F)ccc2F)CCCN1c1ccn2ncc(-c3ncn(C4CC4)n3)c2n1. The average molecular weight is 421 g/mol. The molecule has 7 nitrogen and oxygen atoms in total. The lowest BCUT2D eigenvalue weighted by molar-refractivity contribution is 0.451. The number of rotatable bonds is 4. The van der Waals surface area contributed by atoms with Gasteiger partial charge in [0.05, 0.1) is 23.3 Å². The van der Waals surface area contributed by atoms with E-state index in [2.05, 4.69) is 20.1 Å². The maximum atomic E-state index is 14.7. The molecule has 0 spiro atoms. The second kappa shape index (κ2) is 6.57. The first-order valence-electron chi connectivity index (χ1n) is 10.5. The fourth-order valence-electron chi connectivity index (χ4n) is 4.60. The molecule has 1 saturated carbocycles. The van der Waals surface area contributed by atoms with E-state index in [1.165, 1.54) is 12.1 Å². The third kappa shape index (κ3) is 2.90. The summed E-state index contributed by atoms with van der Waals surface area (Å²) >= 11 is 0. The zero-order chi connectivity index (χ0) is 21.2. The maximum absolute atomic E-state index is 14.7. The number of benzene rings is 1. The van der Waals surface area contributed by atoms with Gasteiger partial charge in [-0.3, -0.25) is 0 Å². The Kier molecular flexibility index (Phi) is 3.90. The quantitative estimate of drug-likeness (QED) is 0.496. The van der Waals surface area contributed by atoms with Crippen molar-refractivity contribution in [3.05, 3.63) is 60.2 Å². The van der Waals surface area contributed by atoms with Crippen molar-refractivity contribution in [2.75, 3.05) is 11.4 Å². The molecular formula is C22H21F2N7. The van der Waals surface area contributed by atoms with Crippen molar-refractivity contribution in [3.8, 4) is 11.4 Å². The van der Waals surface area contributed by atoms with Gasteiger partial charge < -0.3 is 4.90 Å². The first kappa shape index (κ1) is 18.4. The molecule has 0 N–H and O–H groups in total. The van der Waals surface area contributed by atoms with Crippen molar-refractivity contribution < 1.29 is 8.78 Å². The number of halogens is 2. The summed E-state index contributed by atoms with van der Waals surface area (Å²) in [5.41, 5.74) is 1.05. The molecule has 0 bridgehead atoms. The monoisotopic (exact) mass is 421 g/mol. The highest BCUT2D eigenvalue weighted by atomic mass is 19.1.